The van der Waals surface area contributed by atoms with Gasteiger partial charge in [-0.2, -0.15) is 0 Å². The van der Waals surface area contributed by atoms with Gasteiger partial charge in [-0.25, -0.2) is 0 Å². The van der Waals surface area contributed by atoms with Crippen LogP contribution in [0.1, 0.15) is 25.7 Å². The second-order valence-corrected chi connectivity index (χ2v) is 5.56. The van der Waals surface area contributed by atoms with Crippen LogP contribution in [0.4, 0.5) is 0 Å². The van der Waals surface area contributed by atoms with Crippen molar-refractivity contribution in [3.63, 3.8) is 0 Å². The van der Waals surface area contributed by atoms with E-state index in [0.717, 1.165) is 12.3 Å². The molecule has 0 bridgehead atoms. The lowest BCUT2D eigenvalue weighted by molar-refractivity contribution is 0.412. The molecule has 0 spiro atoms. The van der Waals surface area contributed by atoms with Crippen molar-refractivity contribution in [1.82, 2.24) is 10.2 Å². The van der Waals surface area contributed by atoms with Crippen molar-refractivity contribution in [1.29, 1.82) is 0 Å². The van der Waals surface area contributed by atoms with Crippen LogP contribution in [0.5, 0.6) is 0 Å². The fourth-order valence-electron chi connectivity index (χ4n) is 1.37. The first-order chi connectivity index (χ1) is 5.71. The van der Waals surface area contributed by atoms with Gasteiger partial charge in [-0.05, 0) is 25.5 Å². The van der Waals surface area contributed by atoms with Gasteiger partial charge in [0.25, 0.3) is 3.90 Å². The van der Waals surface area contributed by atoms with E-state index < -0.39 is 0 Å². The topological polar surface area (TPSA) is 38.9 Å². The number of halogens is 1. The Bertz CT molecular complexity index is 283. The van der Waals surface area contributed by atoms with E-state index in [1.165, 1.54) is 12.2 Å². The maximum absolute atomic E-state index is 5.41. The molecule has 1 aliphatic rings. The van der Waals surface area contributed by atoms with Crippen LogP contribution in [-0.2, 0) is 4.75 Å². The quantitative estimate of drug-likeness (QED) is 0.746. The van der Waals surface area contributed by atoms with Gasteiger partial charge in [-0.3, -0.25) is 0 Å². The van der Waals surface area contributed by atoms with Gasteiger partial charge < -0.3 is 4.42 Å². The van der Waals surface area contributed by atoms with Gasteiger partial charge in [0.2, 0.25) is 5.89 Å². The third-order valence-electron chi connectivity index (χ3n) is 2.07. The molecule has 1 aromatic rings. The molecule has 1 unspecified atom stereocenters. The van der Waals surface area contributed by atoms with Crippen molar-refractivity contribution in [3.05, 3.63) is 9.79 Å². The summed E-state index contributed by atoms with van der Waals surface area (Å²) in [4.78, 5) is 0. The van der Waals surface area contributed by atoms with Crippen molar-refractivity contribution in [2.45, 2.75) is 24.5 Å². The lowest BCUT2D eigenvalue weighted by Crippen LogP contribution is -2.12. The highest BCUT2D eigenvalue weighted by molar-refractivity contribution is 14.1. The molecule has 1 aliphatic heterocycles. The normalized spacial score (nSPS) is 29.5. The highest BCUT2D eigenvalue weighted by atomic mass is 127. The summed E-state index contributed by atoms with van der Waals surface area (Å²) in [6, 6.07) is 0. The van der Waals surface area contributed by atoms with Gasteiger partial charge in [0.15, 0.2) is 0 Å². The molecule has 0 amide bonds. The Morgan fingerprint density at radius 3 is 2.92 bits per heavy atom. The molecule has 0 saturated carbocycles. The number of hydrogen-bond donors (Lipinski definition) is 0. The van der Waals surface area contributed by atoms with Crippen molar-refractivity contribution >= 4 is 34.4 Å². The summed E-state index contributed by atoms with van der Waals surface area (Å²) in [5, 5.41) is 7.89. The summed E-state index contributed by atoms with van der Waals surface area (Å²) in [6.45, 7) is 2.17. The van der Waals surface area contributed by atoms with Crippen LogP contribution in [-0.4, -0.2) is 16.0 Å². The Kier molecular flexibility index (Phi) is 2.33. The Hall–Kier alpha value is 0.220. The van der Waals surface area contributed by atoms with Crippen molar-refractivity contribution in [3.8, 4) is 0 Å². The van der Waals surface area contributed by atoms with E-state index in [1.54, 1.807) is 0 Å². The minimum Gasteiger partial charge on any atom is -0.415 e. The predicted molar refractivity (Wildman–Crippen MR) is 56.1 cm³/mol. The molecule has 5 heteroatoms. The minimum absolute atomic E-state index is 0.0798. The van der Waals surface area contributed by atoms with Crippen molar-refractivity contribution < 1.29 is 4.42 Å². The molecule has 1 saturated heterocycles. The molecule has 1 aromatic heterocycles. The molecule has 0 radical (unpaired) electrons. The average molecular weight is 296 g/mol. The Labute approximate surface area is 88.8 Å². The van der Waals surface area contributed by atoms with Gasteiger partial charge in [0.05, 0.1) is 4.75 Å². The fraction of sp³-hybridized carbons (Fsp3) is 0.714. The molecule has 12 heavy (non-hydrogen) atoms. The van der Waals surface area contributed by atoms with Crippen LogP contribution in [0, 0.1) is 3.90 Å². The SMILES string of the molecule is CC1(c2nnc(I)o2)CCCS1. The molecule has 1 fully saturated rings. The summed E-state index contributed by atoms with van der Waals surface area (Å²) in [5.41, 5.74) is 0. The Morgan fingerprint density at radius 1 is 1.58 bits per heavy atom. The second kappa shape index (κ2) is 3.17. The Balaban J connectivity index is 2.28. The monoisotopic (exact) mass is 296 g/mol. The summed E-state index contributed by atoms with van der Waals surface area (Å²) in [6.07, 6.45) is 2.40. The molecular formula is C7H9IN2OS. The van der Waals surface area contributed by atoms with Gasteiger partial charge in [-0.1, -0.05) is 0 Å². The highest BCUT2D eigenvalue weighted by Crippen LogP contribution is 2.45. The first-order valence-electron chi connectivity index (χ1n) is 3.84. The number of rotatable bonds is 1. The molecule has 1 atom stereocenters. The second-order valence-electron chi connectivity index (χ2n) is 3.04. The summed E-state index contributed by atoms with van der Waals surface area (Å²) < 4.78 is 6.13. The highest BCUT2D eigenvalue weighted by Gasteiger charge is 2.36. The van der Waals surface area contributed by atoms with Crippen molar-refractivity contribution in [2.24, 2.45) is 0 Å². The molecule has 2 heterocycles. The van der Waals surface area contributed by atoms with E-state index in [-0.39, 0.29) is 4.75 Å². The van der Waals surface area contributed by atoms with Crippen LogP contribution < -0.4 is 0 Å². The molecule has 2 rings (SSSR count). The predicted octanol–water partition coefficient (Wildman–Crippen LogP) is 2.42. The zero-order valence-electron chi connectivity index (χ0n) is 6.71. The van der Waals surface area contributed by atoms with E-state index in [2.05, 4.69) is 17.1 Å². The van der Waals surface area contributed by atoms with Gasteiger partial charge in [0, 0.05) is 22.6 Å². The zero-order valence-corrected chi connectivity index (χ0v) is 9.68. The average Bonchev–Trinajstić information content (AvgIpc) is 2.59. The van der Waals surface area contributed by atoms with Crippen LogP contribution >= 0.6 is 34.4 Å². The van der Waals surface area contributed by atoms with Crippen LogP contribution in [0.15, 0.2) is 4.42 Å². The lowest BCUT2D eigenvalue weighted by atomic mass is 10.1. The Morgan fingerprint density at radius 2 is 2.42 bits per heavy atom. The summed E-state index contributed by atoms with van der Waals surface area (Å²) in [7, 11) is 0. The number of hydrogen-bond acceptors (Lipinski definition) is 4. The summed E-state index contributed by atoms with van der Waals surface area (Å²) >= 11 is 3.96. The third-order valence-corrected chi connectivity index (χ3v) is 4.02. The van der Waals surface area contributed by atoms with Gasteiger partial charge >= 0.3 is 0 Å². The van der Waals surface area contributed by atoms with Gasteiger partial charge in [-0.15, -0.1) is 22.0 Å². The molecule has 0 aromatic carbocycles. The smallest absolute Gasteiger partial charge is 0.278 e. The third kappa shape index (κ3) is 1.48. The first-order valence-corrected chi connectivity index (χ1v) is 5.91. The first kappa shape index (κ1) is 8.80. The lowest BCUT2D eigenvalue weighted by Gasteiger charge is -2.16. The van der Waals surface area contributed by atoms with Crippen LogP contribution in [0.2, 0.25) is 0 Å². The zero-order chi connectivity index (χ0) is 8.60. The maximum Gasteiger partial charge on any atom is 0.278 e. The van der Waals surface area contributed by atoms with Gasteiger partial charge in [0.1, 0.15) is 0 Å². The van der Waals surface area contributed by atoms with Crippen molar-refractivity contribution in [2.75, 3.05) is 5.75 Å². The molecule has 3 nitrogen and oxygen atoms in total. The molecule has 66 valence electrons. The maximum atomic E-state index is 5.41. The minimum atomic E-state index is 0.0798. The van der Waals surface area contributed by atoms with E-state index in [4.69, 9.17) is 4.42 Å². The molecule has 0 aliphatic carbocycles. The fourth-order valence-corrected chi connectivity index (χ4v) is 2.92. The van der Waals surface area contributed by atoms with E-state index in [0.29, 0.717) is 3.90 Å². The van der Waals surface area contributed by atoms with Crippen LogP contribution in [0.3, 0.4) is 0 Å². The summed E-state index contributed by atoms with van der Waals surface area (Å²) in [5.74, 6) is 1.99. The molecule has 0 N–H and O–H groups in total. The number of thioether (sulfide) groups is 1. The number of aromatic nitrogens is 2. The number of nitrogens with zero attached hydrogens (tertiary/aromatic N) is 2. The van der Waals surface area contributed by atoms with E-state index >= 15 is 0 Å². The van der Waals surface area contributed by atoms with Crippen LogP contribution in [0.25, 0.3) is 0 Å². The largest absolute Gasteiger partial charge is 0.415 e. The van der Waals surface area contributed by atoms with E-state index in [9.17, 15) is 0 Å². The van der Waals surface area contributed by atoms with E-state index in [1.807, 2.05) is 34.4 Å². The standard InChI is InChI=1S/C7H9IN2OS/c1-7(3-2-4-12-7)5-9-10-6(8)11-5/h2-4H2,1H3. The molecular weight excluding hydrogens is 287 g/mol.